The third kappa shape index (κ3) is 4.91. The van der Waals surface area contributed by atoms with Crippen molar-refractivity contribution in [3.05, 3.63) is 46.5 Å². The number of likely N-dealkylation sites (tertiary alicyclic amines) is 1. The molecule has 6 nitrogen and oxygen atoms in total. The summed E-state index contributed by atoms with van der Waals surface area (Å²) in [5.74, 6) is 0.158. The summed E-state index contributed by atoms with van der Waals surface area (Å²) in [5, 5.41) is 1.01. The molecule has 1 atom stereocenters. The lowest BCUT2D eigenvalue weighted by atomic mass is 9.86. The van der Waals surface area contributed by atoms with E-state index in [1.165, 1.54) is 43.6 Å². The molecule has 0 saturated carbocycles. The Labute approximate surface area is 213 Å². The molecule has 190 valence electrons. The van der Waals surface area contributed by atoms with Gasteiger partial charge in [-0.25, -0.2) is 0 Å². The third-order valence-corrected chi connectivity index (χ3v) is 11.8. The van der Waals surface area contributed by atoms with Crippen molar-refractivity contribution in [2.24, 2.45) is 5.73 Å². The summed E-state index contributed by atoms with van der Waals surface area (Å²) in [4.78, 5) is 20.8. The molecule has 1 aromatic carbocycles. The molecule has 0 radical (unpaired) electrons. The van der Waals surface area contributed by atoms with Crippen LogP contribution in [0.1, 0.15) is 79.1 Å². The summed E-state index contributed by atoms with van der Waals surface area (Å²) in [6.45, 7) is 7.21. The minimum atomic E-state index is -2.61. The Morgan fingerprint density at radius 3 is 2.63 bits per heavy atom. The number of fused-ring (bicyclic) bond motifs is 1. The number of carbonyl (C=O) groups excluding carboxylic acids is 1. The SMILES string of the molecule is CC1(C)CC(c2c[nH]c3c(C(N)=O)cc(-c4ccc(CN5CCCCCC5)s4)cc23)CCS1(O)O. The van der Waals surface area contributed by atoms with Gasteiger partial charge in [0.25, 0.3) is 5.91 Å². The zero-order valence-electron chi connectivity index (χ0n) is 20.7. The minimum Gasteiger partial charge on any atom is -0.366 e. The molecular formula is C27H37N3O3S2. The molecule has 4 heterocycles. The molecule has 5 rings (SSSR count). The number of aromatic amines is 1. The van der Waals surface area contributed by atoms with Crippen LogP contribution < -0.4 is 5.73 Å². The molecule has 2 saturated heterocycles. The van der Waals surface area contributed by atoms with Crippen LogP contribution >= 0.6 is 21.9 Å². The van der Waals surface area contributed by atoms with E-state index in [1.54, 1.807) is 11.3 Å². The number of nitrogens with two attached hydrogens (primary N) is 1. The van der Waals surface area contributed by atoms with Gasteiger partial charge in [-0.3, -0.25) is 18.8 Å². The normalized spacial score (nSPS) is 23.7. The summed E-state index contributed by atoms with van der Waals surface area (Å²) >= 11 is 1.79. The van der Waals surface area contributed by atoms with Crippen molar-refractivity contribution in [3.8, 4) is 10.4 Å². The van der Waals surface area contributed by atoms with Crippen LogP contribution in [0.4, 0.5) is 0 Å². The van der Waals surface area contributed by atoms with Gasteiger partial charge in [-0.15, -0.1) is 11.3 Å². The number of nitrogens with one attached hydrogen (secondary N) is 1. The number of hydrogen-bond acceptors (Lipinski definition) is 5. The largest absolute Gasteiger partial charge is 0.366 e. The molecule has 3 aromatic rings. The molecule has 0 aliphatic carbocycles. The van der Waals surface area contributed by atoms with Crippen LogP contribution in [0.3, 0.4) is 0 Å². The summed E-state index contributed by atoms with van der Waals surface area (Å²) in [5.41, 5.74) is 9.23. The number of H-pyrrole nitrogens is 1. The minimum absolute atomic E-state index is 0.191. The Bertz CT molecular complexity index is 1220. The Balaban J connectivity index is 1.48. The zero-order chi connectivity index (χ0) is 24.8. The Hall–Kier alpha value is -1.84. The monoisotopic (exact) mass is 515 g/mol. The van der Waals surface area contributed by atoms with E-state index in [1.807, 2.05) is 26.1 Å². The predicted octanol–water partition coefficient (Wildman–Crippen LogP) is 6.78. The standard InChI is InChI=1S/C27H37N3O3S2/c1-27(2)15-18(9-12-35(27,32)33)23-16-29-25-21(23)13-19(14-22(25)26(28)31)24-8-7-20(34-24)17-30-10-5-3-4-6-11-30/h7-8,13-14,16,18,29,32-33H,3-6,9-12,15,17H2,1-2H3,(H2,28,31). The van der Waals surface area contributed by atoms with E-state index in [9.17, 15) is 13.9 Å². The number of nitrogens with zero attached hydrogens (tertiary/aromatic N) is 1. The molecule has 1 amide bonds. The van der Waals surface area contributed by atoms with E-state index in [2.05, 4.69) is 28.1 Å². The molecule has 0 spiro atoms. The lowest BCUT2D eigenvalue weighted by Crippen LogP contribution is -2.36. The molecule has 0 bridgehead atoms. The fraction of sp³-hybridized carbons (Fsp3) is 0.519. The van der Waals surface area contributed by atoms with Gasteiger partial charge in [-0.1, -0.05) is 12.8 Å². The van der Waals surface area contributed by atoms with Crippen molar-refractivity contribution in [1.82, 2.24) is 9.88 Å². The highest BCUT2D eigenvalue weighted by molar-refractivity contribution is 8.25. The summed E-state index contributed by atoms with van der Waals surface area (Å²) in [7, 11) is -2.61. The summed E-state index contributed by atoms with van der Waals surface area (Å²) in [6, 6.07) is 8.46. The van der Waals surface area contributed by atoms with Crippen LogP contribution in [0.5, 0.6) is 0 Å². The smallest absolute Gasteiger partial charge is 0.250 e. The van der Waals surface area contributed by atoms with Crippen LogP contribution in [-0.2, 0) is 6.54 Å². The Morgan fingerprint density at radius 2 is 1.94 bits per heavy atom. The number of aromatic nitrogens is 1. The molecule has 2 aromatic heterocycles. The van der Waals surface area contributed by atoms with Gasteiger partial charge in [0.05, 0.1) is 15.8 Å². The molecular weight excluding hydrogens is 478 g/mol. The van der Waals surface area contributed by atoms with E-state index in [4.69, 9.17) is 5.73 Å². The summed E-state index contributed by atoms with van der Waals surface area (Å²) in [6.07, 6.45) is 8.61. The number of thiophene rings is 1. The van der Waals surface area contributed by atoms with Crippen molar-refractivity contribution in [2.45, 2.75) is 69.6 Å². The van der Waals surface area contributed by atoms with Gasteiger partial charge in [0.2, 0.25) is 0 Å². The lowest BCUT2D eigenvalue weighted by molar-refractivity contribution is 0.100. The molecule has 35 heavy (non-hydrogen) atoms. The fourth-order valence-electron chi connectivity index (χ4n) is 5.74. The first kappa shape index (κ1) is 24.8. The van der Waals surface area contributed by atoms with Gasteiger partial charge >= 0.3 is 0 Å². The van der Waals surface area contributed by atoms with E-state index < -0.39 is 21.2 Å². The highest BCUT2D eigenvalue weighted by Crippen LogP contribution is 2.61. The van der Waals surface area contributed by atoms with Gasteiger partial charge in [0.1, 0.15) is 0 Å². The second-order valence-electron chi connectivity index (χ2n) is 10.8. The predicted molar refractivity (Wildman–Crippen MR) is 148 cm³/mol. The second kappa shape index (κ2) is 9.56. The number of amides is 1. The third-order valence-electron chi connectivity index (χ3n) is 7.92. The van der Waals surface area contributed by atoms with Gasteiger partial charge in [0.15, 0.2) is 0 Å². The summed E-state index contributed by atoms with van der Waals surface area (Å²) < 4.78 is 20.5. The van der Waals surface area contributed by atoms with Crippen LogP contribution in [0.2, 0.25) is 0 Å². The molecule has 5 N–H and O–H groups in total. The van der Waals surface area contributed by atoms with Crippen LogP contribution in [0.25, 0.3) is 21.3 Å². The van der Waals surface area contributed by atoms with Gasteiger partial charge in [0, 0.05) is 33.6 Å². The van der Waals surface area contributed by atoms with Crippen LogP contribution in [0, 0.1) is 0 Å². The van der Waals surface area contributed by atoms with Crippen molar-refractivity contribution >= 4 is 38.7 Å². The van der Waals surface area contributed by atoms with Crippen LogP contribution in [0.15, 0.2) is 30.5 Å². The number of primary amides is 1. The van der Waals surface area contributed by atoms with Gasteiger partial charge in [-0.2, -0.15) is 10.6 Å². The topological polar surface area (TPSA) is 103 Å². The van der Waals surface area contributed by atoms with Gasteiger partial charge in [-0.05, 0) is 93.9 Å². The van der Waals surface area contributed by atoms with E-state index in [-0.39, 0.29) is 5.92 Å². The average molecular weight is 516 g/mol. The highest BCUT2D eigenvalue weighted by Gasteiger charge is 2.41. The molecule has 1 unspecified atom stereocenters. The number of hydrogen-bond donors (Lipinski definition) is 4. The molecule has 2 aliphatic rings. The average Bonchev–Trinajstić information content (AvgIpc) is 3.36. The maximum absolute atomic E-state index is 12.4. The zero-order valence-corrected chi connectivity index (χ0v) is 22.3. The first-order valence-corrected chi connectivity index (χ1v) is 15.2. The fourth-order valence-corrected chi connectivity index (χ4v) is 8.41. The molecule has 2 fully saturated rings. The Morgan fingerprint density at radius 1 is 1.20 bits per heavy atom. The lowest BCUT2D eigenvalue weighted by Gasteiger charge is -2.52. The van der Waals surface area contributed by atoms with E-state index in [0.29, 0.717) is 24.2 Å². The highest BCUT2D eigenvalue weighted by atomic mass is 32.3. The molecule has 8 heteroatoms. The first-order chi connectivity index (χ1) is 16.6. The quantitative estimate of drug-likeness (QED) is 0.301. The van der Waals surface area contributed by atoms with Crippen LogP contribution in [-0.4, -0.2) is 48.5 Å². The first-order valence-electron chi connectivity index (χ1n) is 12.7. The van der Waals surface area contributed by atoms with Gasteiger partial charge < -0.3 is 10.7 Å². The van der Waals surface area contributed by atoms with E-state index in [0.717, 1.165) is 33.5 Å². The maximum atomic E-state index is 12.4. The number of rotatable bonds is 5. The second-order valence-corrected chi connectivity index (χ2v) is 14.8. The molecule has 2 aliphatic heterocycles. The Kier molecular flexibility index (Phi) is 6.78. The van der Waals surface area contributed by atoms with E-state index >= 15 is 0 Å². The number of carbonyl (C=O) groups is 1. The number of benzene rings is 1. The van der Waals surface area contributed by atoms with Crippen molar-refractivity contribution < 1.29 is 13.9 Å². The van der Waals surface area contributed by atoms with Crippen molar-refractivity contribution in [1.29, 1.82) is 0 Å². The van der Waals surface area contributed by atoms with Crippen molar-refractivity contribution in [2.75, 3.05) is 18.8 Å². The maximum Gasteiger partial charge on any atom is 0.250 e. The van der Waals surface area contributed by atoms with Crippen molar-refractivity contribution in [3.63, 3.8) is 0 Å².